The summed E-state index contributed by atoms with van der Waals surface area (Å²) in [4.78, 5) is 12.6. The average molecular weight is 405 g/mol. The van der Waals surface area contributed by atoms with E-state index in [1.807, 2.05) is 54.6 Å². The molecular formula is C22H17ClN4O2. The van der Waals surface area contributed by atoms with E-state index in [0.29, 0.717) is 17.1 Å². The highest BCUT2D eigenvalue weighted by Gasteiger charge is 2.10. The van der Waals surface area contributed by atoms with Crippen LogP contribution in [-0.2, 0) is 0 Å². The van der Waals surface area contributed by atoms with E-state index in [1.54, 1.807) is 25.5 Å². The third-order valence-corrected chi connectivity index (χ3v) is 4.81. The minimum absolute atomic E-state index is 0.00545. The van der Waals surface area contributed by atoms with Crippen molar-refractivity contribution in [3.63, 3.8) is 0 Å². The van der Waals surface area contributed by atoms with Gasteiger partial charge in [0, 0.05) is 5.56 Å². The first kappa shape index (κ1) is 18.7. The Hall–Kier alpha value is -3.64. The molecule has 4 rings (SSSR count). The van der Waals surface area contributed by atoms with Crippen LogP contribution in [0.25, 0.3) is 16.5 Å². The Bertz CT molecular complexity index is 1250. The monoisotopic (exact) mass is 404 g/mol. The Balaban J connectivity index is 1.65. The highest BCUT2D eigenvalue weighted by atomic mass is 35.5. The molecule has 0 saturated carbocycles. The molecule has 1 N–H and O–H groups in total. The smallest absolute Gasteiger partial charge is 0.292 e. The van der Waals surface area contributed by atoms with Gasteiger partial charge in [0.2, 0.25) is 0 Å². The lowest BCUT2D eigenvalue weighted by atomic mass is 10.0. The Morgan fingerprint density at radius 1 is 1.07 bits per heavy atom. The molecule has 4 aromatic rings. The quantitative estimate of drug-likeness (QED) is 0.393. The summed E-state index contributed by atoms with van der Waals surface area (Å²) in [5.41, 5.74) is 4.15. The maximum absolute atomic E-state index is 12.6. The zero-order valence-electron chi connectivity index (χ0n) is 15.5. The predicted octanol–water partition coefficient (Wildman–Crippen LogP) is 4.49. The number of nitrogens with one attached hydrogen (secondary N) is 1. The van der Waals surface area contributed by atoms with E-state index in [9.17, 15) is 4.79 Å². The molecule has 0 aliphatic carbocycles. The zero-order chi connectivity index (χ0) is 20.2. The second-order valence-electron chi connectivity index (χ2n) is 6.20. The van der Waals surface area contributed by atoms with E-state index in [-0.39, 0.29) is 5.02 Å². The van der Waals surface area contributed by atoms with Crippen LogP contribution in [0.1, 0.15) is 5.56 Å². The van der Waals surface area contributed by atoms with Crippen molar-refractivity contribution in [3.8, 4) is 11.4 Å². The third kappa shape index (κ3) is 3.70. The fourth-order valence-electron chi connectivity index (χ4n) is 3.02. The molecule has 0 aliphatic heterocycles. The number of benzene rings is 3. The van der Waals surface area contributed by atoms with Gasteiger partial charge in [0.1, 0.15) is 16.5 Å². The maximum Gasteiger partial charge on any atom is 0.292 e. The molecule has 1 heterocycles. The van der Waals surface area contributed by atoms with Crippen LogP contribution in [0.3, 0.4) is 0 Å². The van der Waals surface area contributed by atoms with Crippen molar-refractivity contribution in [1.82, 2.24) is 9.78 Å². The minimum Gasteiger partial charge on any atom is -0.496 e. The Morgan fingerprint density at radius 2 is 1.83 bits per heavy atom. The number of para-hydroxylation sites is 1. The summed E-state index contributed by atoms with van der Waals surface area (Å²) in [6, 6.07) is 20.9. The standard InChI is InChI=1S/C22H17ClN4O2/c1-29-20-12-11-15-7-5-6-10-17(15)18(20)13-24-26-19-14-25-27(22(28)21(19)23)16-8-3-2-4-9-16/h2-14,26H,1H3/b24-13+. The molecule has 0 spiro atoms. The van der Waals surface area contributed by atoms with Crippen LogP contribution in [0.2, 0.25) is 5.02 Å². The lowest BCUT2D eigenvalue weighted by Crippen LogP contribution is -2.22. The Kier molecular flexibility index (Phi) is 5.27. The summed E-state index contributed by atoms with van der Waals surface area (Å²) in [5.74, 6) is 0.693. The molecule has 6 nitrogen and oxygen atoms in total. The molecule has 7 heteroatoms. The molecule has 0 atom stereocenters. The van der Waals surface area contributed by atoms with Gasteiger partial charge in [0.15, 0.2) is 0 Å². The first-order valence-corrected chi connectivity index (χ1v) is 9.25. The third-order valence-electron chi connectivity index (χ3n) is 4.45. The number of anilines is 1. The van der Waals surface area contributed by atoms with Crippen LogP contribution in [0, 0.1) is 0 Å². The molecule has 0 amide bonds. The topological polar surface area (TPSA) is 68.5 Å². The first-order chi connectivity index (χ1) is 14.2. The molecule has 0 aliphatic rings. The molecule has 1 aromatic heterocycles. The molecule has 0 saturated heterocycles. The first-order valence-electron chi connectivity index (χ1n) is 8.87. The van der Waals surface area contributed by atoms with Crippen molar-refractivity contribution >= 4 is 34.3 Å². The van der Waals surface area contributed by atoms with E-state index in [4.69, 9.17) is 16.3 Å². The number of ether oxygens (including phenoxy) is 1. The normalized spacial score (nSPS) is 11.1. The van der Waals surface area contributed by atoms with Crippen LogP contribution in [0.4, 0.5) is 5.69 Å². The van der Waals surface area contributed by atoms with E-state index in [2.05, 4.69) is 15.6 Å². The Morgan fingerprint density at radius 3 is 2.62 bits per heavy atom. The van der Waals surface area contributed by atoms with Crippen molar-refractivity contribution in [2.75, 3.05) is 12.5 Å². The molecule has 0 unspecified atom stereocenters. The van der Waals surface area contributed by atoms with E-state index in [0.717, 1.165) is 16.3 Å². The number of hydrazone groups is 1. The highest BCUT2D eigenvalue weighted by Crippen LogP contribution is 2.26. The maximum atomic E-state index is 12.6. The van der Waals surface area contributed by atoms with E-state index in [1.165, 1.54) is 10.9 Å². The molecular weight excluding hydrogens is 388 g/mol. The fraction of sp³-hybridized carbons (Fsp3) is 0.0455. The number of rotatable bonds is 5. The number of methoxy groups -OCH3 is 1. The summed E-state index contributed by atoms with van der Waals surface area (Å²) < 4.78 is 6.69. The van der Waals surface area contributed by atoms with Gasteiger partial charge in [-0.2, -0.15) is 14.9 Å². The van der Waals surface area contributed by atoms with Crippen molar-refractivity contribution < 1.29 is 4.74 Å². The van der Waals surface area contributed by atoms with Gasteiger partial charge in [0.25, 0.3) is 5.56 Å². The number of hydrogen-bond donors (Lipinski definition) is 1. The van der Waals surface area contributed by atoms with Crippen LogP contribution in [0.15, 0.2) is 82.8 Å². The van der Waals surface area contributed by atoms with Crippen molar-refractivity contribution in [2.45, 2.75) is 0 Å². The fourth-order valence-corrected chi connectivity index (χ4v) is 3.19. The highest BCUT2D eigenvalue weighted by molar-refractivity contribution is 6.33. The average Bonchev–Trinajstić information content (AvgIpc) is 2.77. The second-order valence-corrected chi connectivity index (χ2v) is 6.58. The van der Waals surface area contributed by atoms with Gasteiger partial charge in [-0.1, -0.05) is 60.1 Å². The summed E-state index contributed by atoms with van der Waals surface area (Å²) in [6.45, 7) is 0. The second kappa shape index (κ2) is 8.16. The Labute approximate surface area is 172 Å². The zero-order valence-corrected chi connectivity index (χ0v) is 16.3. The van der Waals surface area contributed by atoms with Crippen LogP contribution >= 0.6 is 11.6 Å². The minimum atomic E-state index is -0.430. The summed E-state index contributed by atoms with van der Waals surface area (Å²) >= 11 is 6.25. The SMILES string of the molecule is COc1ccc2ccccc2c1/C=N/Nc1cnn(-c2ccccc2)c(=O)c1Cl. The molecule has 3 aromatic carbocycles. The van der Waals surface area contributed by atoms with Crippen molar-refractivity contribution in [1.29, 1.82) is 0 Å². The number of nitrogens with zero attached hydrogens (tertiary/aromatic N) is 3. The molecule has 0 radical (unpaired) electrons. The number of halogens is 1. The van der Waals surface area contributed by atoms with Gasteiger partial charge in [-0.15, -0.1) is 0 Å². The van der Waals surface area contributed by atoms with Crippen LogP contribution in [-0.4, -0.2) is 23.1 Å². The molecule has 0 bridgehead atoms. The van der Waals surface area contributed by atoms with Gasteiger partial charge in [0.05, 0.1) is 25.2 Å². The van der Waals surface area contributed by atoms with Gasteiger partial charge in [-0.25, -0.2) is 0 Å². The summed E-state index contributed by atoms with van der Waals surface area (Å²) in [6.07, 6.45) is 3.11. The van der Waals surface area contributed by atoms with Crippen LogP contribution in [0.5, 0.6) is 5.75 Å². The van der Waals surface area contributed by atoms with Gasteiger partial charge in [-0.05, 0) is 29.0 Å². The number of hydrogen-bond acceptors (Lipinski definition) is 5. The predicted molar refractivity (Wildman–Crippen MR) is 117 cm³/mol. The summed E-state index contributed by atoms with van der Waals surface area (Å²) in [7, 11) is 1.61. The largest absolute Gasteiger partial charge is 0.496 e. The van der Waals surface area contributed by atoms with Gasteiger partial charge in [-0.3, -0.25) is 10.2 Å². The number of aromatic nitrogens is 2. The summed E-state index contributed by atoms with van der Waals surface area (Å²) in [5, 5.41) is 10.5. The van der Waals surface area contributed by atoms with Crippen molar-refractivity contribution in [2.24, 2.45) is 5.10 Å². The van der Waals surface area contributed by atoms with Crippen LogP contribution < -0.4 is 15.7 Å². The number of fused-ring (bicyclic) bond motifs is 1. The van der Waals surface area contributed by atoms with Gasteiger partial charge >= 0.3 is 0 Å². The van der Waals surface area contributed by atoms with Gasteiger partial charge < -0.3 is 4.74 Å². The van der Waals surface area contributed by atoms with E-state index >= 15 is 0 Å². The molecule has 144 valence electrons. The lowest BCUT2D eigenvalue weighted by molar-refractivity contribution is 0.415. The van der Waals surface area contributed by atoms with E-state index < -0.39 is 5.56 Å². The van der Waals surface area contributed by atoms with Crippen molar-refractivity contribution in [3.05, 3.63) is 93.9 Å². The molecule has 0 fully saturated rings. The lowest BCUT2D eigenvalue weighted by Gasteiger charge is -2.09. The molecule has 29 heavy (non-hydrogen) atoms.